The molecule has 0 aliphatic rings. The molecule has 1 atom stereocenters. The van der Waals surface area contributed by atoms with E-state index < -0.39 is 24.4 Å². The van der Waals surface area contributed by atoms with E-state index in [-0.39, 0.29) is 24.6 Å². The summed E-state index contributed by atoms with van der Waals surface area (Å²) in [6.45, 7) is 1.81. The van der Waals surface area contributed by atoms with Gasteiger partial charge in [0.15, 0.2) is 18.2 Å². The molecule has 0 bridgehead atoms. The zero-order valence-electron chi connectivity index (χ0n) is 18.6. The van der Waals surface area contributed by atoms with E-state index in [4.69, 9.17) is 27.9 Å². The Bertz CT molecular complexity index is 1130. The van der Waals surface area contributed by atoms with Gasteiger partial charge in [-0.25, -0.2) is 4.39 Å². The summed E-state index contributed by atoms with van der Waals surface area (Å²) >= 11 is 12.4. The minimum absolute atomic E-state index is 0.0436. The molecule has 8 heteroatoms. The van der Waals surface area contributed by atoms with Crippen molar-refractivity contribution < 1.29 is 18.7 Å². The van der Waals surface area contributed by atoms with Crippen LogP contribution in [0.15, 0.2) is 72.8 Å². The van der Waals surface area contributed by atoms with Gasteiger partial charge in [0, 0.05) is 29.6 Å². The van der Waals surface area contributed by atoms with Crippen molar-refractivity contribution in [2.45, 2.75) is 25.9 Å². The molecule has 0 saturated heterocycles. The fourth-order valence-electron chi connectivity index (χ4n) is 3.46. The van der Waals surface area contributed by atoms with Gasteiger partial charge in [-0.05, 0) is 42.3 Å². The standard InChI is InChI=1S/C26H25Cl2FN2O3/c1-2-30-26(33)23(14-18-8-4-3-5-9-18)31(16-19-12-13-20(27)15-21(19)28)25(32)17-34-24-11-7-6-10-22(24)29/h3-13,15,23H,2,14,16-17H2,1H3,(H,30,33)/t23-/m0/s1. The topological polar surface area (TPSA) is 58.6 Å². The van der Waals surface area contributed by atoms with Crippen molar-refractivity contribution >= 4 is 35.0 Å². The molecule has 178 valence electrons. The Morgan fingerprint density at radius 3 is 2.41 bits per heavy atom. The lowest BCUT2D eigenvalue weighted by Gasteiger charge is -2.31. The quantitative estimate of drug-likeness (QED) is 0.409. The van der Waals surface area contributed by atoms with Crippen LogP contribution >= 0.6 is 23.2 Å². The van der Waals surface area contributed by atoms with Crippen LogP contribution in [0.2, 0.25) is 10.0 Å². The smallest absolute Gasteiger partial charge is 0.261 e. The number of carbonyl (C=O) groups excluding carboxylic acids is 2. The van der Waals surface area contributed by atoms with Crippen molar-refractivity contribution in [2.75, 3.05) is 13.2 Å². The molecule has 0 aromatic heterocycles. The number of hydrogen-bond donors (Lipinski definition) is 1. The summed E-state index contributed by atoms with van der Waals surface area (Å²) in [6.07, 6.45) is 0.281. The van der Waals surface area contributed by atoms with Gasteiger partial charge in [-0.3, -0.25) is 9.59 Å². The largest absolute Gasteiger partial charge is 0.481 e. The van der Waals surface area contributed by atoms with Crippen LogP contribution in [0.5, 0.6) is 5.75 Å². The summed E-state index contributed by atoms with van der Waals surface area (Å²) < 4.78 is 19.5. The van der Waals surface area contributed by atoms with Gasteiger partial charge >= 0.3 is 0 Å². The van der Waals surface area contributed by atoms with E-state index in [0.29, 0.717) is 22.2 Å². The highest BCUT2D eigenvalue weighted by Crippen LogP contribution is 2.24. The van der Waals surface area contributed by atoms with E-state index in [1.165, 1.54) is 23.1 Å². The number of rotatable bonds is 10. The predicted molar refractivity (Wildman–Crippen MR) is 132 cm³/mol. The van der Waals surface area contributed by atoms with Gasteiger partial charge in [0.25, 0.3) is 5.91 Å². The molecule has 5 nitrogen and oxygen atoms in total. The van der Waals surface area contributed by atoms with Crippen LogP contribution in [0.3, 0.4) is 0 Å². The number of likely N-dealkylation sites (N-methyl/N-ethyl adjacent to an activating group) is 1. The van der Waals surface area contributed by atoms with Gasteiger partial charge in [-0.2, -0.15) is 0 Å². The molecule has 0 unspecified atom stereocenters. The molecule has 0 heterocycles. The molecule has 3 aromatic carbocycles. The van der Waals surface area contributed by atoms with Crippen LogP contribution in [-0.2, 0) is 22.6 Å². The normalized spacial score (nSPS) is 11.5. The summed E-state index contributed by atoms with van der Waals surface area (Å²) in [5, 5.41) is 3.63. The molecule has 0 fully saturated rings. The first-order chi connectivity index (χ1) is 16.4. The molecule has 1 N–H and O–H groups in total. The highest BCUT2D eigenvalue weighted by Gasteiger charge is 2.31. The SMILES string of the molecule is CCNC(=O)[C@H](Cc1ccccc1)N(Cc1ccc(Cl)cc1Cl)C(=O)COc1ccccc1F. The Morgan fingerprint density at radius 2 is 1.74 bits per heavy atom. The first-order valence-corrected chi connectivity index (χ1v) is 11.6. The second-order valence-electron chi connectivity index (χ2n) is 7.58. The van der Waals surface area contributed by atoms with Crippen LogP contribution in [0.4, 0.5) is 4.39 Å². The third kappa shape index (κ3) is 6.95. The Labute approximate surface area is 208 Å². The Kier molecular flexibility index (Phi) is 9.31. The molecule has 0 spiro atoms. The molecule has 0 saturated carbocycles. The highest BCUT2D eigenvalue weighted by atomic mass is 35.5. The number of nitrogens with one attached hydrogen (secondary N) is 1. The Hall–Kier alpha value is -3.09. The second-order valence-corrected chi connectivity index (χ2v) is 8.42. The predicted octanol–water partition coefficient (Wildman–Crippen LogP) is 5.29. The van der Waals surface area contributed by atoms with Gasteiger partial charge < -0.3 is 15.0 Å². The lowest BCUT2D eigenvalue weighted by Crippen LogP contribution is -2.51. The molecule has 34 heavy (non-hydrogen) atoms. The van der Waals surface area contributed by atoms with Gasteiger partial charge in [0.1, 0.15) is 6.04 Å². The number of benzene rings is 3. The van der Waals surface area contributed by atoms with Crippen molar-refractivity contribution in [3.63, 3.8) is 0 Å². The molecule has 0 radical (unpaired) electrons. The first kappa shape index (κ1) is 25.5. The van der Waals surface area contributed by atoms with Crippen molar-refractivity contribution in [3.8, 4) is 5.75 Å². The van der Waals surface area contributed by atoms with Crippen molar-refractivity contribution in [2.24, 2.45) is 0 Å². The minimum Gasteiger partial charge on any atom is -0.481 e. The molecule has 0 aliphatic heterocycles. The van der Waals surface area contributed by atoms with E-state index >= 15 is 0 Å². The fourth-order valence-corrected chi connectivity index (χ4v) is 3.93. The summed E-state index contributed by atoms with van der Waals surface area (Å²) in [6, 6.07) is 19.3. The van der Waals surface area contributed by atoms with E-state index in [2.05, 4.69) is 5.32 Å². The van der Waals surface area contributed by atoms with Gasteiger partial charge in [0.05, 0.1) is 0 Å². The van der Waals surface area contributed by atoms with Crippen LogP contribution in [0.1, 0.15) is 18.1 Å². The summed E-state index contributed by atoms with van der Waals surface area (Å²) in [5.41, 5.74) is 1.50. The summed E-state index contributed by atoms with van der Waals surface area (Å²) in [5.74, 6) is -1.41. The van der Waals surface area contributed by atoms with E-state index in [0.717, 1.165) is 5.56 Å². The van der Waals surface area contributed by atoms with E-state index in [9.17, 15) is 14.0 Å². The second kappa shape index (κ2) is 12.4. The monoisotopic (exact) mass is 502 g/mol. The number of amides is 2. The number of nitrogens with zero attached hydrogens (tertiary/aromatic N) is 1. The molecular formula is C26H25Cl2FN2O3. The van der Waals surface area contributed by atoms with Crippen molar-refractivity contribution in [1.29, 1.82) is 0 Å². The van der Waals surface area contributed by atoms with Crippen molar-refractivity contribution in [3.05, 3.63) is 99.8 Å². The number of ether oxygens (including phenoxy) is 1. The summed E-state index contributed by atoms with van der Waals surface area (Å²) in [4.78, 5) is 27.9. The van der Waals surface area contributed by atoms with Gasteiger partial charge in [-0.15, -0.1) is 0 Å². The summed E-state index contributed by atoms with van der Waals surface area (Å²) in [7, 11) is 0. The zero-order valence-corrected chi connectivity index (χ0v) is 20.2. The number of halogens is 3. The number of para-hydroxylation sites is 1. The molecule has 0 aliphatic carbocycles. The Morgan fingerprint density at radius 1 is 1.03 bits per heavy atom. The van der Waals surface area contributed by atoms with Gasteiger partial charge in [-0.1, -0.05) is 71.7 Å². The average Bonchev–Trinajstić information content (AvgIpc) is 2.82. The van der Waals surface area contributed by atoms with E-state index in [1.807, 2.05) is 30.3 Å². The van der Waals surface area contributed by atoms with Crippen LogP contribution in [0, 0.1) is 5.82 Å². The van der Waals surface area contributed by atoms with Crippen LogP contribution in [-0.4, -0.2) is 35.9 Å². The first-order valence-electron chi connectivity index (χ1n) is 10.8. The minimum atomic E-state index is -0.842. The maximum Gasteiger partial charge on any atom is 0.261 e. The average molecular weight is 503 g/mol. The molecule has 3 aromatic rings. The number of hydrogen-bond acceptors (Lipinski definition) is 3. The lowest BCUT2D eigenvalue weighted by molar-refractivity contribution is -0.142. The molecular weight excluding hydrogens is 478 g/mol. The fraction of sp³-hybridized carbons (Fsp3) is 0.231. The maximum atomic E-state index is 14.0. The van der Waals surface area contributed by atoms with Crippen molar-refractivity contribution in [1.82, 2.24) is 10.2 Å². The highest BCUT2D eigenvalue weighted by molar-refractivity contribution is 6.35. The Balaban J connectivity index is 1.93. The molecule has 3 rings (SSSR count). The molecule has 2 amide bonds. The lowest BCUT2D eigenvalue weighted by atomic mass is 10.0. The van der Waals surface area contributed by atoms with Gasteiger partial charge in [0.2, 0.25) is 5.91 Å². The van der Waals surface area contributed by atoms with E-state index in [1.54, 1.807) is 31.2 Å². The zero-order chi connectivity index (χ0) is 24.5. The van der Waals surface area contributed by atoms with Crippen LogP contribution < -0.4 is 10.1 Å². The number of carbonyl (C=O) groups is 2. The maximum absolute atomic E-state index is 14.0. The third-order valence-electron chi connectivity index (χ3n) is 5.17. The third-order valence-corrected chi connectivity index (χ3v) is 5.75. The van der Waals surface area contributed by atoms with Crippen LogP contribution in [0.25, 0.3) is 0 Å².